The van der Waals surface area contributed by atoms with Gasteiger partial charge < -0.3 is 15.5 Å². The number of nitrogens with zero attached hydrogens (tertiary/aromatic N) is 1. The van der Waals surface area contributed by atoms with Gasteiger partial charge in [0.05, 0.1) is 0 Å². The third-order valence-corrected chi connectivity index (χ3v) is 4.06. The number of hydrogen-bond acceptors (Lipinski definition) is 3. The summed E-state index contributed by atoms with van der Waals surface area (Å²) in [7, 11) is 1.79. The van der Waals surface area contributed by atoms with Crippen molar-refractivity contribution in [1.82, 2.24) is 4.90 Å². The van der Waals surface area contributed by atoms with Gasteiger partial charge in [0.2, 0.25) is 11.8 Å². The quantitative estimate of drug-likeness (QED) is 0.875. The molecule has 0 heterocycles. The van der Waals surface area contributed by atoms with E-state index in [0.29, 0.717) is 22.9 Å². The fourth-order valence-corrected chi connectivity index (χ4v) is 2.59. The maximum Gasteiger partial charge on any atom is 0.253 e. The molecule has 0 saturated heterocycles. The first-order chi connectivity index (χ1) is 10.8. The van der Waals surface area contributed by atoms with Crippen molar-refractivity contribution < 1.29 is 14.4 Å². The molecule has 1 aromatic carbocycles. The Morgan fingerprint density at radius 2 is 1.52 bits per heavy atom. The highest BCUT2D eigenvalue weighted by atomic mass is 16.2. The Morgan fingerprint density at radius 3 is 1.91 bits per heavy atom. The van der Waals surface area contributed by atoms with Gasteiger partial charge in [0.15, 0.2) is 0 Å². The first-order valence-electron chi connectivity index (χ1n) is 7.75. The molecule has 1 atom stereocenters. The Hall–Kier alpha value is -2.37. The van der Waals surface area contributed by atoms with Crippen LogP contribution in [-0.2, 0) is 9.59 Å². The Morgan fingerprint density at radius 1 is 1.04 bits per heavy atom. The molecular formula is C17H23N3O3. The maximum atomic E-state index is 12.7. The average Bonchev–Trinajstić information content (AvgIpc) is 3.27. The van der Waals surface area contributed by atoms with Gasteiger partial charge in [0, 0.05) is 43.9 Å². The van der Waals surface area contributed by atoms with E-state index in [4.69, 9.17) is 0 Å². The molecule has 6 heteroatoms. The van der Waals surface area contributed by atoms with E-state index in [0.717, 1.165) is 12.8 Å². The molecule has 1 aliphatic rings. The van der Waals surface area contributed by atoms with Crippen molar-refractivity contribution in [3.63, 3.8) is 0 Å². The molecule has 6 nitrogen and oxygen atoms in total. The van der Waals surface area contributed by atoms with Gasteiger partial charge in [-0.3, -0.25) is 14.4 Å². The first-order valence-corrected chi connectivity index (χ1v) is 7.75. The van der Waals surface area contributed by atoms with Crippen LogP contribution in [0.1, 0.15) is 44.0 Å². The van der Waals surface area contributed by atoms with Gasteiger partial charge in [-0.05, 0) is 43.9 Å². The molecule has 0 bridgehead atoms. The van der Waals surface area contributed by atoms with Gasteiger partial charge >= 0.3 is 0 Å². The number of benzene rings is 1. The van der Waals surface area contributed by atoms with Gasteiger partial charge in [0.25, 0.3) is 5.91 Å². The summed E-state index contributed by atoms with van der Waals surface area (Å²) in [5.41, 5.74) is 1.41. The molecule has 23 heavy (non-hydrogen) atoms. The van der Waals surface area contributed by atoms with Crippen LogP contribution in [0.25, 0.3) is 0 Å². The molecule has 1 aromatic rings. The van der Waals surface area contributed by atoms with Crippen molar-refractivity contribution in [2.45, 2.75) is 39.7 Å². The second-order valence-corrected chi connectivity index (χ2v) is 6.16. The molecule has 0 aliphatic heterocycles. The van der Waals surface area contributed by atoms with Gasteiger partial charge in [-0.2, -0.15) is 0 Å². The predicted octanol–water partition coefficient (Wildman–Crippen LogP) is 2.47. The molecule has 3 amide bonds. The van der Waals surface area contributed by atoms with Crippen LogP contribution in [0.4, 0.5) is 11.4 Å². The Labute approximate surface area is 136 Å². The molecule has 1 fully saturated rings. The zero-order valence-electron chi connectivity index (χ0n) is 14.0. The number of nitrogens with one attached hydrogen (secondary N) is 2. The van der Waals surface area contributed by atoms with Crippen LogP contribution in [0.15, 0.2) is 18.2 Å². The summed E-state index contributed by atoms with van der Waals surface area (Å²) in [5.74, 6) is -0.0216. The smallest absolute Gasteiger partial charge is 0.253 e. The minimum Gasteiger partial charge on any atom is -0.339 e. The Kier molecular flexibility index (Phi) is 5.03. The molecule has 1 unspecified atom stereocenters. The lowest BCUT2D eigenvalue weighted by atomic mass is 10.1. The molecule has 2 N–H and O–H groups in total. The Balaban J connectivity index is 2.28. The molecule has 1 saturated carbocycles. The van der Waals surface area contributed by atoms with E-state index in [-0.39, 0.29) is 23.8 Å². The molecule has 1 aliphatic carbocycles. The summed E-state index contributed by atoms with van der Waals surface area (Å²) in [5, 5.41) is 5.31. The number of carbonyl (C=O) groups is 3. The topological polar surface area (TPSA) is 78.5 Å². The summed E-state index contributed by atoms with van der Waals surface area (Å²) < 4.78 is 0. The predicted molar refractivity (Wildman–Crippen MR) is 89.3 cm³/mol. The minimum absolute atomic E-state index is 0.122. The number of amides is 3. The maximum absolute atomic E-state index is 12.7. The van der Waals surface area contributed by atoms with Gasteiger partial charge in [-0.15, -0.1) is 0 Å². The molecule has 0 aromatic heterocycles. The lowest BCUT2D eigenvalue weighted by Crippen LogP contribution is -2.36. The van der Waals surface area contributed by atoms with Crippen molar-refractivity contribution in [3.05, 3.63) is 23.8 Å². The van der Waals surface area contributed by atoms with E-state index in [2.05, 4.69) is 10.6 Å². The van der Waals surface area contributed by atoms with E-state index in [9.17, 15) is 14.4 Å². The molecule has 2 rings (SSSR count). The van der Waals surface area contributed by atoms with Crippen LogP contribution >= 0.6 is 0 Å². The first kappa shape index (κ1) is 17.0. The lowest BCUT2D eigenvalue weighted by molar-refractivity contribution is -0.115. The van der Waals surface area contributed by atoms with Crippen molar-refractivity contribution >= 4 is 29.1 Å². The van der Waals surface area contributed by atoms with Crippen LogP contribution in [0.2, 0.25) is 0 Å². The minimum atomic E-state index is -0.233. The van der Waals surface area contributed by atoms with E-state index in [1.807, 2.05) is 6.92 Å². The summed E-state index contributed by atoms with van der Waals surface area (Å²) >= 11 is 0. The van der Waals surface area contributed by atoms with Crippen molar-refractivity contribution in [3.8, 4) is 0 Å². The van der Waals surface area contributed by atoms with Crippen molar-refractivity contribution in [1.29, 1.82) is 0 Å². The summed E-state index contributed by atoms with van der Waals surface area (Å²) in [6.07, 6.45) is 2.31. The van der Waals surface area contributed by atoms with Gasteiger partial charge in [0.1, 0.15) is 0 Å². The zero-order chi connectivity index (χ0) is 17.1. The zero-order valence-corrected chi connectivity index (χ0v) is 14.0. The fourth-order valence-electron chi connectivity index (χ4n) is 2.59. The normalized spacial score (nSPS) is 14.8. The monoisotopic (exact) mass is 317 g/mol. The standard InChI is InChI=1S/C17H23N3O3/c1-10(13-5-6-13)20(4)17(23)14-7-15(18-11(2)21)9-16(8-14)19-12(3)22/h7-10,13H,5-6H2,1-4H3,(H,18,21)(H,19,22). The molecular weight excluding hydrogens is 294 g/mol. The third-order valence-electron chi connectivity index (χ3n) is 4.06. The number of rotatable bonds is 5. The van der Waals surface area contributed by atoms with E-state index in [1.165, 1.54) is 13.8 Å². The summed E-state index contributed by atoms with van der Waals surface area (Å²) in [4.78, 5) is 37.0. The number of hydrogen-bond donors (Lipinski definition) is 2. The lowest BCUT2D eigenvalue weighted by Gasteiger charge is -2.25. The van der Waals surface area contributed by atoms with Crippen molar-refractivity contribution in [2.24, 2.45) is 5.92 Å². The highest BCUT2D eigenvalue weighted by molar-refractivity contribution is 6.00. The third kappa shape index (κ3) is 4.55. The van der Waals surface area contributed by atoms with Crippen LogP contribution in [0.5, 0.6) is 0 Å². The largest absolute Gasteiger partial charge is 0.339 e. The number of anilines is 2. The van der Waals surface area contributed by atoms with Crippen LogP contribution < -0.4 is 10.6 Å². The SMILES string of the molecule is CC(=O)Nc1cc(NC(C)=O)cc(C(=O)N(C)C(C)C2CC2)c1. The highest BCUT2D eigenvalue weighted by Gasteiger charge is 2.32. The van der Waals surface area contributed by atoms with E-state index >= 15 is 0 Å². The average molecular weight is 317 g/mol. The molecule has 0 radical (unpaired) electrons. The molecule has 0 spiro atoms. The van der Waals surface area contributed by atoms with E-state index in [1.54, 1.807) is 30.1 Å². The van der Waals surface area contributed by atoms with Crippen molar-refractivity contribution in [2.75, 3.05) is 17.7 Å². The van der Waals surface area contributed by atoms with Crippen LogP contribution in [0.3, 0.4) is 0 Å². The van der Waals surface area contributed by atoms with Gasteiger partial charge in [-0.25, -0.2) is 0 Å². The van der Waals surface area contributed by atoms with E-state index < -0.39 is 0 Å². The summed E-state index contributed by atoms with van der Waals surface area (Å²) in [6.45, 7) is 4.84. The Bertz CT molecular complexity index is 604. The number of carbonyl (C=O) groups excluding carboxylic acids is 3. The van der Waals surface area contributed by atoms with Crippen LogP contribution in [-0.4, -0.2) is 35.7 Å². The van der Waals surface area contributed by atoms with Crippen LogP contribution in [0, 0.1) is 5.92 Å². The fraction of sp³-hybridized carbons (Fsp3) is 0.471. The molecule has 124 valence electrons. The second-order valence-electron chi connectivity index (χ2n) is 6.16. The van der Waals surface area contributed by atoms with Gasteiger partial charge in [-0.1, -0.05) is 0 Å². The highest BCUT2D eigenvalue weighted by Crippen LogP contribution is 2.35. The summed E-state index contributed by atoms with van der Waals surface area (Å²) in [6, 6.07) is 5.07. The second kappa shape index (κ2) is 6.81.